The van der Waals surface area contributed by atoms with Crippen LogP contribution in [0.15, 0.2) is 0 Å². The minimum Gasteiger partial charge on any atom is -0.381 e. The average molecular weight is 183 g/mol. The van der Waals surface area contributed by atoms with Crippen LogP contribution < -0.4 is 5.32 Å². The van der Waals surface area contributed by atoms with Gasteiger partial charge in [-0.3, -0.25) is 4.79 Å². The monoisotopic (exact) mass is 183 g/mol. The van der Waals surface area contributed by atoms with Crippen molar-refractivity contribution < 1.29 is 9.53 Å². The number of hydrogen-bond donors (Lipinski definition) is 1. The van der Waals surface area contributed by atoms with Crippen molar-refractivity contribution in [3.05, 3.63) is 0 Å². The Kier molecular flexibility index (Phi) is 2.06. The lowest BCUT2D eigenvalue weighted by Crippen LogP contribution is -2.76. The van der Waals surface area contributed by atoms with Gasteiger partial charge >= 0.3 is 0 Å². The molecule has 0 aromatic rings. The summed E-state index contributed by atoms with van der Waals surface area (Å²) in [6.45, 7) is 5.20. The molecule has 0 aliphatic heterocycles. The summed E-state index contributed by atoms with van der Waals surface area (Å²) in [5, 5.41) is 3.06. The van der Waals surface area contributed by atoms with E-state index in [1.165, 1.54) is 12.8 Å². The van der Waals surface area contributed by atoms with E-state index in [-0.39, 0.29) is 11.4 Å². The first-order valence-corrected chi connectivity index (χ1v) is 5.04. The molecule has 3 saturated carbocycles. The van der Waals surface area contributed by atoms with Crippen LogP contribution >= 0.6 is 0 Å². The zero-order chi connectivity index (χ0) is 9.47. The van der Waals surface area contributed by atoms with Crippen molar-refractivity contribution in [2.24, 2.45) is 11.8 Å². The molecular formula is C10H17NO2. The Morgan fingerprint density at radius 2 is 2.31 bits per heavy atom. The Bertz CT molecular complexity index is 221. The summed E-state index contributed by atoms with van der Waals surface area (Å²) in [6, 6.07) is 0. The van der Waals surface area contributed by atoms with Crippen molar-refractivity contribution >= 4 is 5.91 Å². The molecule has 0 aromatic heterocycles. The van der Waals surface area contributed by atoms with Crippen molar-refractivity contribution in [3.8, 4) is 0 Å². The van der Waals surface area contributed by atoms with Gasteiger partial charge in [0.25, 0.3) is 0 Å². The largest absolute Gasteiger partial charge is 0.381 e. The van der Waals surface area contributed by atoms with Gasteiger partial charge in [-0.1, -0.05) is 0 Å². The third-order valence-electron chi connectivity index (χ3n) is 3.46. The smallest absolute Gasteiger partial charge is 0.217 e. The van der Waals surface area contributed by atoms with Crippen LogP contribution in [0.1, 0.15) is 26.7 Å². The Morgan fingerprint density at radius 3 is 2.69 bits per heavy atom. The van der Waals surface area contributed by atoms with Gasteiger partial charge in [-0.2, -0.15) is 0 Å². The normalized spacial score (nSPS) is 40.5. The summed E-state index contributed by atoms with van der Waals surface area (Å²) in [5.41, 5.74) is 0.131. The van der Waals surface area contributed by atoms with Crippen molar-refractivity contribution in [2.75, 3.05) is 13.2 Å². The van der Waals surface area contributed by atoms with E-state index in [0.29, 0.717) is 5.92 Å². The third kappa shape index (κ3) is 1.26. The van der Waals surface area contributed by atoms with Crippen LogP contribution in [0.3, 0.4) is 0 Å². The molecule has 13 heavy (non-hydrogen) atoms. The highest BCUT2D eigenvalue weighted by molar-refractivity contribution is 5.74. The molecule has 3 aliphatic rings. The van der Waals surface area contributed by atoms with Gasteiger partial charge in [0.1, 0.15) is 0 Å². The van der Waals surface area contributed by atoms with Crippen LogP contribution in [0, 0.1) is 11.8 Å². The van der Waals surface area contributed by atoms with E-state index in [1.807, 2.05) is 6.92 Å². The Hall–Kier alpha value is -0.570. The van der Waals surface area contributed by atoms with E-state index in [9.17, 15) is 4.79 Å². The second-order valence-electron chi connectivity index (χ2n) is 4.27. The molecule has 1 amide bonds. The van der Waals surface area contributed by atoms with Crippen LogP contribution in [0.25, 0.3) is 0 Å². The van der Waals surface area contributed by atoms with Gasteiger partial charge in [-0.15, -0.1) is 0 Å². The third-order valence-corrected chi connectivity index (χ3v) is 3.46. The van der Waals surface area contributed by atoms with Crippen LogP contribution in [0.4, 0.5) is 0 Å². The maximum absolute atomic E-state index is 10.9. The molecule has 3 nitrogen and oxygen atoms in total. The lowest BCUT2D eigenvalue weighted by Gasteiger charge is -2.68. The molecule has 0 heterocycles. The lowest BCUT2D eigenvalue weighted by molar-refractivity contribution is -0.171. The molecule has 0 spiro atoms. The first-order valence-electron chi connectivity index (χ1n) is 5.04. The maximum atomic E-state index is 10.9. The maximum Gasteiger partial charge on any atom is 0.217 e. The number of carbonyl (C=O) groups excluding carboxylic acids is 1. The summed E-state index contributed by atoms with van der Waals surface area (Å²) in [5.74, 6) is 1.51. The predicted molar refractivity (Wildman–Crippen MR) is 49.3 cm³/mol. The highest BCUT2D eigenvalue weighted by atomic mass is 16.5. The average Bonchev–Trinajstić information content (AvgIpc) is 1.97. The zero-order valence-electron chi connectivity index (χ0n) is 8.30. The first kappa shape index (κ1) is 9.00. The Morgan fingerprint density at radius 1 is 1.62 bits per heavy atom. The number of carbonyl (C=O) groups is 1. The van der Waals surface area contributed by atoms with Gasteiger partial charge < -0.3 is 10.1 Å². The molecule has 2 bridgehead atoms. The first-order chi connectivity index (χ1) is 6.18. The van der Waals surface area contributed by atoms with E-state index in [4.69, 9.17) is 4.74 Å². The van der Waals surface area contributed by atoms with Crippen LogP contribution in [-0.4, -0.2) is 24.7 Å². The molecule has 3 aliphatic carbocycles. The van der Waals surface area contributed by atoms with Crippen molar-refractivity contribution in [3.63, 3.8) is 0 Å². The van der Waals surface area contributed by atoms with Crippen LogP contribution in [0.5, 0.6) is 0 Å². The minimum atomic E-state index is 0.0969. The molecule has 0 saturated heterocycles. The molecule has 1 unspecified atom stereocenters. The molecule has 1 atom stereocenters. The summed E-state index contributed by atoms with van der Waals surface area (Å²) < 4.78 is 5.39. The fraction of sp³-hybridized carbons (Fsp3) is 0.900. The van der Waals surface area contributed by atoms with E-state index in [1.54, 1.807) is 6.92 Å². The van der Waals surface area contributed by atoms with Crippen molar-refractivity contribution in [1.82, 2.24) is 5.32 Å². The van der Waals surface area contributed by atoms with Gasteiger partial charge in [0, 0.05) is 25.0 Å². The molecular weight excluding hydrogens is 166 g/mol. The number of amides is 1. The second-order valence-corrected chi connectivity index (χ2v) is 4.27. The standard InChI is InChI=1S/C10H17NO2/c1-3-13-6-9-8-4-10(9,5-8)11-7(2)12/h8-9H,3-6H2,1-2H3,(H,11,12). The van der Waals surface area contributed by atoms with Crippen molar-refractivity contribution in [2.45, 2.75) is 32.2 Å². The second kappa shape index (κ2) is 2.98. The molecule has 1 N–H and O–H groups in total. The fourth-order valence-corrected chi connectivity index (χ4v) is 2.68. The fourth-order valence-electron chi connectivity index (χ4n) is 2.68. The summed E-state index contributed by atoms with van der Waals surface area (Å²) in [4.78, 5) is 10.9. The van der Waals surface area contributed by atoms with Crippen LogP contribution in [0.2, 0.25) is 0 Å². The predicted octanol–water partition coefficient (Wildman–Crippen LogP) is 0.938. The summed E-state index contributed by atoms with van der Waals surface area (Å²) in [6.07, 6.45) is 2.34. The number of nitrogens with one attached hydrogen (secondary N) is 1. The number of rotatable bonds is 4. The van der Waals surface area contributed by atoms with Gasteiger partial charge in [0.15, 0.2) is 0 Å². The zero-order valence-corrected chi connectivity index (χ0v) is 8.30. The summed E-state index contributed by atoms with van der Waals surface area (Å²) in [7, 11) is 0. The molecule has 74 valence electrons. The molecule has 0 aromatic carbocycles. The lowest BCUT2D eigenvalue weighted by atomic mass is 9.42. The van der Waals surface area contributed by atoms with E-state index < -0.39 is 0 Å². The highest BCUT2D eigenvalue weighted by Gasteiger charge is 2.65. The highest BCUT2D eigenvalue weighted by Crippen LogP contribution is 2.61. The number of ether oxygens (including phenoxy) is 1. The molecule has 3 fully saturated rings. The van der Waals surface area contributed by atoms with Gasteiger partial charge in [-0.25, -0.2) is 0 Å². The molecule has 3 rings (SSSR count). The minimum absolute atomic E-state index is 0.0969. The number of hydrogen-bond acceptors (Lipinski definition) is 2. The Balaban J connectivity index is 1.84. The van der Waals surface area contributed by atoms with E-state index in [0.717, 1.165) is 19.1 Å². The topological polar surface area (TPSA) is 38.3 Å². The van der Waals surface area contributed by atoms with Gasteiger partial charge in [0.05, 0.1) is 6.61 Å². The quantitative estimate of drug-likeness (QED) is 0.704. The van der Waals surface area contributed by atoms with Crippen molar-refractivity contribution in [1.29, 1.82) is 0 Å². The van der Waals surface area contributed by atoms with E-state index >= 15 is 0 Å². The van der Waals surface area contributed by atoms with Crippen LogP contribution in [-0.2, 0) is 9.53 Å². The SMILES string of the molecule is CCOCC1C2CC1(NC(C)=O)C2. The molecule has 0 radical (unpaired) electrons. The van der Waals surface area contributed by atoms with Gasteiger partial charge in [-0.05, 0) is 25.7 Å². The molecule has 3 heteroatoms. The summed E-state index contributed by atoms with van der Waals surface area (Å²) >= 11 is 0. The van der Waals surface area contributed by atoms with Gasteiger partial charge in [0.2, 0.25) is 5.91 Å². The van der Waals surface area contributed by atoms with E-state index in [2.05, 4.69) is 5.32 Å². The Labute approximate surface area is 78.8 Å².